The molecule has 3 aliphatic rings. The number of hydrogen-bond acceptors (Lipinski definition) is 7. The summed E-state index contributed by atoms with van der Waals surface area (Å²) >= 11 is 13.0. The Labute approximate surface area is 232 Å². The van der Waals surface area contributed by atoms with Gasteiger partial charge in [-0.3, -0.25) is 4.68 Å². The molecule has 4 N–H and O–H groups in total. The van der Waals surface area contributed by atoms with Crippen molar-refractivity contribution < 1.29 is 9.53 Å². The Hall–Kier alpha value is -3.21. The third kappa shape index (κ3) is 5.21. The number of aliphatic imine (C=N–C) groups is 1. The molecule has 1 saturated carbocycles. The first-order chi connectivity index (χ1) is 18.1. The van der Waals surface area contributed by atoms with Crippen LogP contribution in [-0.2, 0) is 6.54 Å². The number of carbonyl (C=O) groups is 1. The number of fused-ring (bicyclic) bond motifs is 1. The van der Waals surface area contributed by atoms with Gasteiger partial charge in [-0.05, 0) is 37.1 Å². The number of amides is 2. The molecule has 1 unspecified atom stereocenters. The second-order valence-corrected chi connectivity index (χ2v) is 11.0. The number of nitrogens with two attached hydrogens (primary N) is 2. The van der Waals surface area contributed by atoms with Crippen molar-refractivity contribution in [2.24, 2.45) is 28.3 Å². The van der Waals surface area contributed by atoms with Gasteiger partial charge >= 0.3 is 6.03 Å². The van der Waals surface area contributed by atoms with Crippen molar-refractivity contribution in [3.8, 4) is 5.75 Å². The Morgan fingerprint density at radius 1 is 1.29 bits per heavy atom. The van der Waals surface area contributed by atoms with Gasteiger partial charge < -0.3 is 30.9 Å². The number of carbonyl (C=O) groups excluding carboxylic acids is 1. The summed E-state index contributed by atoms with van der Waals surface area (Å²) in [5, 5.41) is 4.93. The number of aromatic nitrogens is 2. The summed E-state index contributed by atoms with van der Waals surface area (Å²) in [6.45, 7) is 7.16. The molecule has 1 aromatic carbocycles. The number of benzene rings is 1. The van der Waals surface area contributed by atoms with Crippen LogP contribution in [0.15, 0.2) is 59.3 Å². The minimum Gasteiger partial charge on any atom is -0.491 e. The fraction of sp³-hybridized carbons (Fsp3) is 0.423. The number of urea groups is 1. The molecule has 0 bridgehead atoms. The van der Waals surface area contributed by atoms with Gasteiger partial charge in [0, 0.05) is 54.9 Å². The summed E-state index contributed by atoms with van der Waals surface area (Å²) in [7, 11) is 3.99. The molecule has 1 aliphatic carbocycles. The molecule has 38 heavy (non-hydrogen) atoms. The van der Waals surface area contributed by atoms with Gasteiger partial charge in [0.25, 0.3) is 0 Å². The van der Waals surface area contributed by atoms with E-state index in [1.807, 2.05) is 24.2 Å². The van der Waals surface area contributed by atoms with Crippen molar-refractivity contribution >= 4 is 34.9 Å². The molecule has 0 spiro atoms. The molecular weight excluding hydrogens is 527 g/mol. The van der Waals surface area contributed by atoms with Gasteiger partial charge in [-0.15, -0.1) is 0 Å². The van der Waals surface area contributed by atoms with E-state index in [4.69, 9.17) is 39.4 Å². The molecule has 2 aromatic rings. The van der Waals surface area contributed by atoms with Gasteiger partial charge in [0.2, 0.25) is 0 Å². The maximum Gasteiger partial charge on any atom is 0.320 e. The topological polar surface area (TPSA) is 118 Å². The number of piperidine rings is 1. The average molecular weight is 560 g/mol. The Kier molecular flexibility index (Phi) is 7.30. The summed E-state index contributed by atoms with van der Waals surface area (Å²) < 4.78 is 7.85. The number of rotatable bonds is 8. The lowest BCUT2D eigenvalue weighted by Crippen LogP contribution is -2.44. The number of likely N-dealkylation sites (tertiary alicyclic amines) is 1. The van der Waals surface area contributed by atoms with E-state index in [0.717, 1.165) is 13.1 Å². The van der Waals surface area contributed by atoms with Crippen molar-refractivity contribution in [2.45, 2.75) is 12.6 Å². The standard InChI is InChI=1S/C26H32Cl2N8O2/c1-15(29)32-24(23-20(28)9-16(27)10-22(23)38-8-7-36-6-4-5-31-36)19-13-35(14-21(19)30)26(37)34(3)25-17-11-33(2)12-18(17)25/h4-6,9-10,17-18,25H,1,7-8,11-14,29-30H2,2-3H3/t17-,18+,25?. The van der Waals surface area contributed by atoms with E-state index in [1.54, 1.807) is 27.9 Å². The second kappa shape index (κ2) is 10.5. The zero-order valence-corrected chi connectivity index (χ0v) is 23.0. The second-order valence-electron chi connectivity index (χ2n) is 10.1. The van der Waals surface area contributed by atoms with Gasteiger partial charge in [0.05, 0.1) is 35.9 Å². The van der Waals surface area contributed by atoms with Gasteiger partial charge in [0.15, 0.2) is 0 Å². The van der Waals surface area contributed by atoms with E-state index in [1.165, 1.54) is 0 Å². The number of halogens is 2. The first kappa shape index (κ1) is 26.4. The lowest BCUT2D eigenvalue weighted by molar-refractivity contribution is 0.162. The minimum atomic E-state index is -0.0613. The third-order valence-electron chi connectivity index (χ3n) is 7.38. The van der Waals surface area contributed by atoms with Gasteiger partial charge in [-0.1, -0.05) is 29.8 Å². The van der Waals surface area contributed by atoms with Crippen LogP contribution in [0.5, 0.6) is 5.75 Å². The maximum atomic E-state index is 13.4. The van der Waals surface area contributed by atoms with Crippen LogP contribution in [0.4, 0.5) is 4.79 Å². The smallest absolute Gasteiger partial charge is 0.320 e. The summed E-state index contributed by atoms with van der Waals surface area (Å²) in [6.07, 6.45) is 3.55. The summed E-state index contributed by atoms with van der Waals surface area (Å²) in [5.41, 5.74) is 14.5. The SMILES string of the molecule is C=C(N)N=C(C1=C(N)CN(C(=O)N(C)C2[C@H]3CN(C)C[C@@H]23)C1)c1c(Cl)cc(Cl)cc1OCCn1cccn1. The predicted molar refractivity (Wildman–Crippen MR) is 148 cm³/mol. The van der Waals surface area contributed by atoms with Crippen molar-refractivity contribution in [1.29, 1.82) is 0 Å². The highest BCUT2D eigenvalue weighted by molar-refractivity contribution is 6.38. The average Bonchev–Trinajstić information content (AvgIpc) is 3.28. The van der Waals surface area contributed by atoms with Crippen LogP contribution >= 0.6 is 23.2 Å². The van der Waals surface area contributed by atoms with Crippen LogP contribution in [0, 0.1) is 11.8 Å². The quantitative estimate of drug-likeness (QED) is 0.481. The van der Waals surface area contributed by atoms with Crippen LogP contribution in [0.25, 0.3) is 0 Å². The Bertz CT molecular complexity index is 1300. The highest BCUT2D eigenvalue weighted by Gasteiger charge is 2.58. The van der Waals surface area contributed by atoms with Gasteiger partial charge in [-0.2, -0.15) is 5.10 Å². The predicted octanol–water partition coefficient (Wildman–Crippen LogP) is 2.63. The van der Waals surface area contributed by atoms with E-state index < -0.39 is 0 Å². The van der Waals surface area contributed by atoms with E-state index in [2.05, 4.69) is 28.6 Å². The summed E-state index contributed by atoms with van der Waals surface area (Å²) in [6, 6.07) is 5.33. The summed E-state index contributed by atoms with van der Waals surface area (Å²) in [5.74, 6) is 1.57. The molecule has 2 aliphatic heterocycles. The molecule has 12 heteroatoms. The van der Waals surface area contributed by atoms with Crippen LogP contribution in [0.2, 0.25) is 10.0 Å². The highest BCUT2D eigenvalue weighted by Crippen LogP contribution is 2.48. The highest BCUT2D eigenvalue weighted by atomic mass is 35.5. The first-order valence-electron chi connectivity index (χ1n) is 12.4. The number of ether oxygens (including phenoxy) is 1. The van der Waals surface area contributed by atoms with Crippen LogP contribution in [0.3, 0.4) is 0 Å². The van der Waals surface area contributed by atoms with E-state index in [-0.39, 0.29) is 31.0 Å². The van der Waals surface area contributed by atoms with Gasteiger partial charge in [-0.25, -0.2) is 9.79 Å². The van der Waals surface area contributed by atoms with E-state index >= 15 is 0 Å². The number of nitrogens with zero attached hydrogens (tertiary/aromatic N) is 6. The fourth-order valence-corrected chi connectivity index (χ4v) is 6.20. The van der Waals surface area contributed by atoms with Crippen LogP contribution in [-0.4, -0.2) is 89.1 Å². The zero-order chi connectivity index (χ0) is 27.1. The maximum absolute atomic E-state index is 13.4. The van der Waals surface area contributed by atoms with Gasteiger partial charge in [0.1, 0.15) is 18.2 Å². The zero-order valence-electron chi connectivity index (χ0n) is 21.5. The largest absolute Gasteiger partial charge is 0.491 e. The van der Waals surface area contributed by atoms with Crippen LogP contribution < -0.4 is 16.2 Å². The first-order valence-corrected chi connectivity index (χ1v) is 13.2. The molecule has 0 radical (unpaired) electrons. The van der Waals surface area contributed by atoms with E-state index in [9.17, 15) is 4.79 Å². The minimum absolute atomic E-state index is 0.0613. The molecule has 202 valence electrons. The molecule has 1 aromatic heterocycles. The molecular formula is C26H32Cl2N8O2. The van der Waals surface area contributed by atoms with Crippen molar-refractivity contribution in [3.63, 3.8) is 0 Å². The molecule has 10 nitrogen and oxygen atoms in total. The lowest BCUT2D eigenvalue weighted by Gasteiger charge is -2.27. The molecule has 3 atom stereocenters. The Morgan fingerprint density at radius 3 is 2.68 bits per heavy atom. The monoisotopic (exact) mass is 558 g/mol. The molecule has 2 amide bonds. The van der Waals surface area contributed by atoms with E-state index in [0.29, 0.717) is 63.3 Å². The van der Waals surface area contributed by atoms with Crippen molar-refractivity contribution in [3.05, 3.63) is 69.9 Å². The summed E-state index contributed by atoms with van der Waals surface area (Å²) in [4.78, 5) is 23.8. The fourth-order valence-electron chi connectivity index (χ4n) is 5.64. The number of hydrogen-bond donors (Lipinski definition) is 2. The normalized spacial score (nSPS) is 23.1. The van der Waals surface area contributed by atoms with Crippen molar-refractivity contribution in [2.75, 3.05) is 46.9 Å². The lowest BCUT2D eigenvalue weighted by atomic mass is 10.0. The van der Waals surface area contributed by atoms with Crippen molar-refractivity contribution in [1.82, 2.24) is 24.5 Å². The molecule has 5 rings (SSSR count). The van der Waals surface area contributed by atoms with Crippen LogP contribution in [0.1, 0.15) is 5.56 Å². The third-order valence-corrected chi connectivity index (χ3v) is 7.90. The molecule has 1 saturated heterocycles. The Morgan fingerprint density at radius 2 is 2.03 bits per heavy atom. The molecule has 3 heterocycles. The Balaban J connectivity index is 1.38. The molecule has 2 fully saturated rings.